The van der Waals surface area contributed by atoms with Crippen LogP contribution in [0.5, 0.6) is 0 Å². The highest BCUT2D eigenvalue weighted by Crippen LogP contribution is 2.18. The molecular weight excluding hydrogens is 294 g/mol. The highest BCUT2D eigenvalue weighted by atomic mass is 16.4. The number of aromatic nitrogens is 1. The number of hydrogen-bond acceptors (Lipinski definition) is 3. The van der Waals surface area contributed by atoms with Crippen LogP contribution in [0.3, 0.4) is 0 Å². The molecule has 0 bridgehead atoms. The van der Waals surface area contributed by atoms with Crippen molar-refractivity contribution in [2.24, 2.45) is 7.05 Å². The minimum atomic E-state index is -0.431. The Morgan fingerprint density at radius 2 is 1.91 bits per heavy atom. The van der Waals surface area contributed by atoms with Gasteiger partial charge < -0.3 is 15.1 Å². The number of carbonyl (C=O) groups is 1. The second kappa shape index (κ2) is 6.00. The molecule has 1 aromatic heterocycles. The van der Waals surface area contributed by atoms with Crippen LogP contribution in [0.15, 0.2) is 57.7 Å². The number of nitrogens with one attached hydrogen (secondary N) is 2. The molecule has 23 heavy (non-hydrogen) atoms. The van der Waals surface area contributed by atoms with Crippen molar-refractivity contribution in [2.45, 2.75) is 13.0 Å². The van der Waals surface area contributed by atoms with Gasteiger partial charge in [-0.1, -0.05) is 30.3 Å². The fourth-order valence-corrected chi connectivity index (χ4v) is 2.39. The molecule has 3 rings (SSSR count). The van der Waals surface area contributed by atoms with E-state index < -0.39 is 5.76 Å². The number of carbonyl (C=O) groups excluding carboxylic acids is 1. The van der Waals surface area contributed by atoms with Gasteiger partial charge in [0.1, 0.15) is 0 Å². The lowest BCUT2D eigenvalue weighted by Crippen LogP contribution is -2.31. The lowest BCUT2D eigenvalue weighted by molar-refractivity contribution is 0.249. The molecule has 0 saturated heterocycles. The van der Waals surface area contributed by atoms with E-state index in [1.807, 2.05) is 37.3 Å². The molecule has 6 heteroatoms. The Morgan fingerprint density at radius 3 is 2.65 bits per heavy atom. The van der Waals surface area contributed by atoms with Gasteiger partial charge in [-0.3, -0.25) is 4.57 Å². The van der Waals surface area contributed by atoms with Crippen molar-refractivity contribution in [1.29, 1.82) is 0 Å². The molecule has 2 aromatic carbocycles. The van der Waals surface area contributed by atoms with Gasteiger partial charge in [-0.2, -0.15) is 0 Å². The first kappa shape index (κ1) is 14.9. The van der Waals surface area contributed by atoms with Crippen LogP contribution >= 0.6 is 0 Å². The monoisotopic (exact) mass is 311 g/mol. The van der Waals surface area contributed by atoms with E-state index in [1.54, 1.807) is 25.2 Å². The van der Waals surface area contributed by atoms with Crippen LogP contribution in [0.1, 0.15) is 18.5 Å². The van der Waals surface area contributed by atoms with Gasteiger partial charge in [0.15, 0.2) is 5.58 Å². The zero-order valence-electron chi connectivity index (χ0n) is 12.9. The molecular formula is C17H17N3O3. The largest absolute Gasteiger partial charge is 0.419 e. The normalized spacial score (nSPS) is 12.1. The summed E-state index contributed by atoms with van der Waals surface area (Å²) in [5.74, 6) is -0.431. The molecule has 3 aromatic rings. The Balaban J connectivity index is 1.73. The first-order valence-corrected chi connectivity index (χ1v) is 7.26. The molecule has 0 aliphatic carbocycles. The van der Waals surface area contributed by atoms with E-state index >= 15 is 0 Å². The minimum absolute atomic E-state index is 0.113. The maximum absolute atomic E-state index is 12.1. The third-order valence-corrected chi connectivity index (χ3v) is 3.70. The van der Waals surface area contributed by atoms with Crippen molar-refractivity contribution in [3.63, 3.8) is 0 Å². The van der Waals surface area contributed by atoms with E-state index in [0.29, 0.717) is 16.8 Å². The number of urea groups is 1. The number of amides is 2. The number of rotatable bonds is 3. The molecule has 0 unspecified atom stereocenters. The van der Waals surface area contributed by atoms with E-state index in [4.69, 9.17) is 4.42 Å². The fourth-order valence-electron chi connectivity index (χ4n) is 2.39. The van der Waals surface area contributed by atoms with Gasteiger partial charge in [-0.25, -0.2) is 9.59 Å². The molecule has 0 aliphatic heterocycles. The zero-order valence-corrected chi connectivity index (χ0v) is 12.9. The molecule has 0 spiro atoms. The van der Waals surface area contributed by atoms with Crippen LogP contribution in [0, 0.1) is 0 Å². The van der Waals surface area contributed by atoms with Gasteiger partial charge in [0, 0.05) is 12.7 Å². The number of anilines is 1. The summed E-state index contributed by atoms with van der Waals surface area (Å²) in [5, 5.41) is 5.63. The van der Waals surface area contributed by atoms with E-state index in [1.165, 1.54) is 4.57 Å². The highest BCUT2D eigenvalue weighted by molar-refractivity contribution is 5.91. The van der Waals surface area contributed by atoms with Crippen molar-refractivity contribution < 1.29 is 9.21 Å². The summed E-state index contributed by atoms with van der Waals surface area (Å²) in [6, 6.07) is 14.3. The van der Waals surface area contributed by atoms with Crippen LogP contribution in [0.2, 0.25) is 0 Å². The van der Waals surface area contributed by atoms with Gasteiger partial charge >= 0.3 is 11.8 Å². The second-order valence-corrected chi connectivity index (χ2v) is 5.34. The Labute approximate surface area is 132 Å². The van der Waals surface area contributed by atoms with Gasteiger partial charge in [-0.15, -0.1) is 0 Å². The number of benzene rings is 2. The topological polar surface area (TPSA) is 76.3 Å². The maximum Gasteiger partial charge on any atom is 0.419 e. The summed E-state index contributed by atoms with van der Waals surface area (Å²) in [5.41, 5.74) is 2.73. The lowest BCUT2D eigenvalue weighted by atomic mass is 10.1. The molecule has 2 N–H and O–H groups in total. The Bertz CT molecular complexity index is 896. The zero-order chi connectivity index (χ0) is 16.4. The van der Waals surface area contributed by atoms with Gasteiger partial charge in [0.2, 0.25) is 0 Å². The average molecular weight is 311 g/mol. The van der Waals surface area contributed by atoms with E-state index in [9.17, 15) is 9.59 Å². The second-order valence-electron chi connectivity index (χ2n) is 5.34. The number of fused-ring (bicyclic) bond motifs is 1. The number of hydrogen-bond donors (Lipinski definition) is 2. The van der Waals surface area contributed by atoms with Crippen molar-refractivity contribution in [1.82, 2.24) is 9.88 Å². The Hall–Kier alpha value is -3.02. The number of oxazole rings is 1. The third kappa shape index (κ3) is 3.11. The van der Waals surface area contributed by atoms with Crippen molar-refractivity contribution >= 4 is 22.8 Å². The van der Waals surface area contributed by atoms with E-state index in [2.05, 4.69) is 10.6 Å². The molecule has 2 amide bonds. The Morgan fingerprint density at radius 1 is 1.17 bits per heavy atom. The smallest absolute Gasteiger partial charge is 0.408 e. The number of nitrogens with zero attached hydrogens (tertiary/aromatic N) is 1. The summed E-state index contributed by atoms with van der Waals surface area (Å²) in [6.45, 7) is 1.91. The molecule has 0 radical (unpaired) electrons. The standard InChI is InChI=1S/C17H17N3O3/c1-11(12-6-4-3-5-7-12)18-16(21)19-13-8-9-15-14(10-13)20(2)17(22)23-15/h3-11H,1-2H3,(H2,18,19,21)/t11-/m1/s1. The summed E-state index contributed by atoms with van der Waals surface area (Å²) in [4.78, 5) is 23.6. The first-order valence-electron chi connectivity index (χ1n) is 7.26. The quantitative estimate of drug-likeness (QED) is 0.780. The van der Waals surface area contributed by atoms with Crippen LogP contribution in [-0.4, -0.2) is 10.6 Å². The third-order valence-electron chi connectivity index (χ3n) is 3.70. The van der Waals surface area contributed by atoms with Gasteiger partial charge in [0.25, 0.3) is 0 Å². The first-order chi connectivity index (χ1) is 11.0. The SMILES string of the molecule is C[C@@H](NC(=O)Nc1ccc2oc(=O)n(C)c2c1)c1ccccc1. The van der Waals surface area contributed by atoms with Crippen LogP contribution in [-0.2, 0) is 7.05 Å². The molecule has 1 atom stereocenters. The summed E-state index contributed by atoms with van der Waals surface area (Å²) >= 11 is 0. The summed E-state index contributed by atoms with van der Waals surface area (Å²) in [6.07, 6.45) is 0. The fraction of sp³-hybridized carbons (Fsp3) is 0.176. The predicted molar refractivity (Wildman–Crippen MR) is 88.5 cm³/mol. The lowest BCUT2D eigenvalue weighted by Gasteiger charge is -2.15. The minimum Gasteiger partial charge on any atom is -0.408 e. The molecule has 1 heterocycles. The van der Waals surface area contributed by atoms with Crippen LogP contribution in [0.4, 0.5) is 10.5 Å². The van der Waals surface area contributed by atoms with Crippen molar-refractivity contribution in [3.8, 4) is 0 Å². The maximum atomic E-state index is 12.1. The molecule has 0 saturated carbocycles. The van der Waals surface area contributed by atoms with Crippen molar-refractivity contribution in [3.05, 3.63) is 64.6 Å². The summed E-state index contributed by atoms with van der Waals surface area (Å²) < 4.78 is 6.45. The molecule has 0 fully saturated rings. The van der Waals surface area contributed by atoms with E-state index in [0.717, 1.165) is 5.56 Å². The Kier molecular flexibility index (Phi) is 3.89. The van der Waals surface area contributed by atoms with Gasteiger partial charge in [-0.05, 0) is 30.7 Å². The molecule has 6 nitrogen and oxygen atoms in total. The summed E-state index contributed by atoms with van der Waals surface area (Å²) in [7, 11) is 1.62. The molecule has 0 aliphatic rings. The number of aryl methyl sites for hydroxylation is 1. The van der Waals surface area contributed by atoms with Crippen molar-refractivity contribution in [2.75, 3.05) is 5.32 Å². The predicted octanol–water partition coefficient (Wildman–Crippen LogP) is 3.01. The molecule has 118 valence electrons. The highest BCUT2D eigenvalue weighted by Gasteiger charge is 2.11. The van der Waals surface area contributed by atoms with Gasteiger partial charge in [0.05, 0.1) is 11.6 Å². The van der Waals surface area contributed by atoms with E-state index in [-0.39, 0.29) is 12.1 Å². The van der Waals surface area contributed by atoms with Crippen LogP contribution in [0.25, 0.3) is 11.1 Å². The van der Waals surface area contributed by atoms with Crippen LogP contribution < -0.4 is 16.4 Å². The average Bonchev–Trinajstić information content (AvgIpc) is 2.83.